The number of hydrogen-bond donors (Lipinski definition) is 0. The first-order valence-corrected chi connectivity index (χ1v) is 7.78. The van der Waals surface area contributed by atoms with Gasteiger partial charge in [0.2, 0.25) is 0 Å². The first-order chi connectivity index (χ1) is 11.0. The predicted molar refractivity (Wildman–Crippen MR) is 95.0 cm³/mol. The molecule has 0 unspecified atom stereocenters. The molecular formula is C18H15Cl2NO2. The van der Waals surface area contributed by atoms with Crippen molar-refractivity contribution in [2.75, 3.05) is 14.2 Å². The quantitative estimate of drug-likeness (QED) is 0.623. The van der Waals surface area contributed by atoms with Crippen LogP contribution in [0.25, 0.3) is 22.0 Å². The fourth-order valence-corrected chi connectivity index (χ4v) is 2.85. The molecule has 0 saturated carbocycles. The van der Waals surface area contributed by atoms with E-state index in [0.717, 1.165) is 27.7 Å². The third-order valence-corrected chi connectivity index (χ3v) is 4.48. The Morgan fingerprint density at radius 3 is 2.22 bits per heavy atom. The lowest BCUT2D eigenvalue weighted by Crippen LogP contribution is -1.94. The van der Waals surface area contributed by atoms with E-state index in [1.54, 1.807) is 20.3 Å². The lowest BCUT2D eigenvalue weighted by molar-refractivity contribution is 0.356. The van der Waals surface area contributed by atoms with Crippen molar-refractivity contribution in [2.45, 2.75) is 6.92 Å². The summed E-state index contributed by atoms with van der Waals surface area (Å²) in [6.45, 7) is 1.97. The van der Waals surface area contributed by atoms with E-state index in [1.165, 1.54) is 0 Å². The second-order valence-electron chi connectivity index (χ2n) is 5.15. The van der Waals surface area contributed by atoms with Crippen molar-refractivity contribution in [1.82, 2.24) is 4.98 Å². The van der Waals surface area contributed by atoms with Crippen LogP contribution in [0.15, 0.2) is 36.4 Å². The van der Waals surface area contributed by atoms with E-state index in [4.69, 9.17) is 32.7 Å². The summed E-state index contributed by atoms with van der Waals surface area (Å²) in [4.78, 5) is 4.68. The monoisotopic (exact) mass is 347 g/mol. The van der Waals surface area contributed by atoms with Crippen LogP contribution in [0.4, 0.5) is 0 Å². The van der Waals surface area contributed by atoms with Crippen LogP contribution in [0.5, 0.6) is 11.5 Å². The molecule has 0 atom stereocenters. The molecule has 0 radical (unpaired) electrons. The summed E-state index contributed by atoms with van der Waals surface area (Å²) in [7, 11) is 3.24. The van der Waals surface area contributed by atoms with Crippen molar-refractivity contribution in [1.29, 1.82) is 0 Å². The van der Waals surface area contributed by atoms with Crippen molar-refractivity contribution >= 4 is 34.0 Å². The summed E-state index contributed by atoms with van der Waals surface area (Å²) >= 11 is 12.1. The fourth-order valence-electron chi connectivity index (χ4n) is 2.55. The average Bonchev–Trinajstić information content (AvgIpc) is 2.56. The smallest absolute Gasteiger partial charge is 0.161 e. The number of hydrogen-bond acceptors (Lipinski definition) is 3. The summed E-state index contributed by atoms with van der Waals surface area (Å²) in [5, 5.41) is 3.08. The van der Waals surface area contributed by atoms with Crippen LogP contribution in [0.3, 0.4) is 0 Å². The molecule has 23 heavy (non-hydrogen) atoms. The number of fused-ring (bicyclic) bond motifs is 1. The molecule has 0 saturated heterocycles. The zero-order chi connectivity index (χ0) is 16.6. The number of aromatic nitrogens is 1. The number of pyridine rings is 1. The molecule has 3 nitrogen and oxygen atoms in total. The van der Waals surface area contributed by atoms with Crippen molar-refractivity contribution in [2.24, 2.45) is 0 Å². The molecule has 0 aliphatic rings. The van der Waals surface area contributed by atoms with Gasteiger partial charge < -0.3 is 9.47 Å². The highest BCUT2D eigenvalue weighted by molar-refractivity contribution is 6.42. The van der Waals surface area contributed by atoms with Crippen LogP contribution in [-0.4, -0.2) is 19.2 Å². The minimum absolute atomic E-state index is 0.510. The molecular weight excluding hydrogens is 333 g/mol. The predicted octanol–water partition coefficient (Wildman–Crippen LogP) is 5.53. The van der Waals surface area contributed by atoms with Gasteiger partial charge in [-0.2, -0.15) is 0 Å². The zero-order valence-corrected chi connectivity index (χ0v) is 14.5. The van der Waals surface area contributed by atoms with Gasteiger partial charge in [0.25, 0.3) is 0 Å². The standard InChI is InChI=1S/C18H15Cl2NO2/c1-10-13-9-18(23-3)17(22-2)8-12(13)7-16(21-10)11-4-5-14(19)15(20)6-11/h4-9H,1-3H3. The number of nitrogens with zero attached hydrogens (tertiary/aromatic N) is 1. The normalized spacial score (nSPS) is 10.8. The van der Waals surface area contributed by atoms with Gasteiger partial charge in [-0.3, -0.25) is 4.98 Å². The molecule has 2 aromatic carbocycles. The maximum atomic E-state index is 6.11. The van der Waals surface area contributed by atoms with E-state index in [0.29, 0.717) is 21.5 Å². The van der Waals surface area contributed by atoms with Crippen LogP contribution in [0.2, 0.25) is 10.0 Å². The molecule has 3 rings (SSSR count). The van der Waals surface area contributed by atoms with E-state index >= 15 is 0 Å². The molecule has 1 heterocycles. The maximum absolute atomic E-state index is 6.11. The van der Waals surface area contributed by atoms with Gasteiger partial charge in [-0.25, -0.2) is 0 Å². The lowest BCUT2D eigenvalue weighted by atomic mass is 10.0. The number of rotatable bonds is 3. The van der Waals surface area contributed by atoms with E-state index in [-0.39, 0.29) is 0 Å². The Bertz CT molecular complexity index is 894. The van der Waals surface area contributed by atoms with Gasteiger partial charge in [0.15, 0.2) is 11.5 Å². The Kier molecular flexibility index (Phi) is 4.33. The van der Waals surface area contributed by atoms with E-state index in [1.807, 2.05) is 37.3 Å². The van der Waals surface area contributed by atoms with Gasteiger partial charge in [-0.05, 0) is 42.6 Å². The van der Waals surface area contributed by atoms with Crippen molar-refractivity contribution in [3.63, 3.8) is 0 Å². The SMILES string of the molecule is COc1cc2cc(-c3ccc(Cl)c(Cl)c3)nc(C)c2cc1OC. The first kappa shape index (κ1) is 15.9. The van der Waals surface area contributed by atoms with Crippen LogP contribution in [-0.2, 0) is 0 Å². The summed E-state index contributed by atoms with van der Waals surface area (Å²) in [5.41, 5.74) is 2.66. The lowest BCUT2D eigenvalue weighted by Gasteiger charge is -2.12. The van der Waals surface area contributed by atoms with E-state index < -0.39 is 0 Å². The third-order valence-electron chi connectivity index (χ3n) is 3.74. The minimum atomic E-state index is 0.510. The largest absolute Gasteiger partial charge is 0.493 e. The third kappa shape index (κ3) is 2.94. The molecule has 5 heteroatoms. The van der Waals surface area contributed by atoms with Gasteiger partial charge >= 0.3 is 0 Å². The number of aryl methyl sites for hydroxylation is 1. The summed E-state index contributed by atoms with van der Waals surface area (Å²) in [5.74, 6) is 1.37. The summed E-state index contributed by atoms with van der Waals surface area (Å²) < 4.78 is 10.7. The molecule has 0 amide bonds. The van der Waals surface area contributed by atoms with Gasteiger partial charge in [0, 0.05) is 16.6 Å². The van der Waals surface area contributed by atoms with Crippen molar-refractivity contribution < 1.29 is 9.47 Å². The van der Waals surface area contributed by atoms with Gasteiger partial charge in [0.1, 0.15) is 0 Å². The highest BCUT2D eigenvalue weighted by atomic mass is 35.5. The van der Waals surface area contributed by atoms with Gasteiger partial charge in [-0.1, -0.05) is 29.3 Å². The second kappa shape index (κ2) is 6.26. The summed E-state index contributed by atoms with van der Waals surface area (Å²) in [6, 6.07) is 11.4. The van der Waals surface area contributed by atoms with Crippen LogP contribution < -0.4 is 9.47 Å². The Balaban J connectivity index is 2.22. The Hall–Kier alpha value is -1.97. The Morgan fingerprint density at radius 1 is 0.870 bits per heavy atom. The van der Waals surface area contributed by atoms with Gasteiger partial charge in [0.05, 0.1) is 30.0 Å². The van der Waals surface area contributed by atoms with Crippen LogP contribution >= 0.6 is 23.2 Å². The molecule has 0 N–H and O–H groups in total. The number of halogens is 2. The van der Waals surface area contributed by atoms with Crippen molar-refractivity contribution in [3.05, 3.63) is 52.1 Å². The molecule has 0 aliphatic heterocycles. The maximum Gasteiger partial charge on any atom is 0.161 e. The highest BCUT2D eigenvalue weighted by Crippen LogP contribution is 2.35. The van der Waals surface area contributed by atoms with Gasteiger partial charge in [-0.15, -0.1) is 0 Å². The minimum Gasteiger partial charge on any atom is -0.493 e. The molecule has 0 aliphatic carbocycles. The average molecular weight is 348 g/mol. The number of benzene rings is 2. The zero-order valence-electron chi connectivity index (χ0n) is 13.0. The fraction of sp³-hybridized carbons (Fsp3) is 0.167. The highest BCUT2D eigenvalue weighted by Gasteiger charge is 2.11. The van der Waals surface area contributed by atoms with Crippen LogP contribution in [0.1, 0.15) is 5.69 Å². The Morgan fingerprint density at radius 2 is 1.57 bits per heavy atom. The van der Waals surface area contributed by atoms with Crippen molar-refractivity contribution in [3.8, 4) is 22.8 Å². The summed E-state index contributed by atoms with van der Waals surface area (Å²) in [6.07, 6.45) is 0. The molecule has 0 fully saturated rings. The molecule has 0 spiro atoms. The second-order valence-corrected chi connectivity index (χ2v) is 5.96. The van der Waals surface area contributed by atoms with E-state index in [9.17, 15) is 0 Å². The Labute approximate surface area is 144 Å². The molecule has 1 aromatic heterocycles. The number of methoxy groups -OCH3 is 2. The number of ether oxygens (including phenoxy) is 2. The molecule has 118 valence electrons. The topological polar surface area (TPSA) is 31.4 Å². The molecule has 0 bridgehead atoms. The molecule has 3 aromatic rings. The van der Waals surface area contributed by atoms with Crippen LogP contribution in [0, 0.1) is 6.92 Å². The van der Waals surface area contributed by atoms with E-state index in [2.05, 4.69) is 4.98 Å². The first-order valence-electron chi connectivity index (χ1n) is 7.02.